The summed E-state index contributed by atoms with van der Waals surface area (Å²) in [6.45, 7) is 1.87. The molecular weight excluding hydrogens is 455 g/mol. The van der Waals surface area contributed by atoms with Crippen LogP contribution in [0.2, 0.25) is 10.0 Å². The number of nitrogens with zero attached hydrogens (tertiary/aromatic N) is 2. The molecule has 168 valence electrons. The molecule has 0 spiro atoms. The number of hydrogen-bond acceptors (Lipinski definition) is 5. The maximum absolute atomic E-state index is 12.8. The Morgan fingerprint density at radius 3 is 2.78 bits per heavy atom. The summed E-state index contributed by atoms with van der Waals surface area (Å²) >= 11 is 12.4. The van der Waals surface area contributed by atoms with E-state index in [-0.39, 0.29) is 29.5 Å². The average Bonchev–Trinajstić information content (AvgIpc) is 3.13. The highest BCUT2D eigenvalue weighted by Gasteiger charge is 2.43. The fourth-order valence-electron chi connectivity index (χ4n) is 3.82. The van der Waals surface area contributed by atoms with Gasteiger partial charge < -0.3 is 15.4 Å². The van der Waals surface area contributed by atoms with Crippen LogP contribution >= 0.6 is 23.2 Å². The lowest BCUT2D eigenvalue weighted by molar-refractivity contribution is -0.184. The van der Waals surface area contributed by atoms with E-state index in [1.807, 2.05) is 0 Å². The van der Waals surface area contributed by atoms with E-state index < -0.39 is 17.4 Å². The molecule has 2 amide bonds. The number of benzene rings is 2. The van der Waals surface area contributed by atoms with Crippen LogP contribution in [0.25, 0.3) is 11.0 Å². The van der Waals surface area contributed by atoms with Gasteiger partial charge in [0.05, 0.1) is 17.0 Å². The SMILES string of the molecule is CC(C(=O)Nc1ccc(C2(O)CCCCN(O)C2=O)c(Cl)c1)c1nc2ccc(Cl)cc2[nH]1. The maximum Gasteiger partial charge on any atom is 0.282 e. The lowest BCUT2D eigenvalue weighted by Gasteiger charge is -2.28. The Kier molecular flexibility index (Phi) is 6.13. The summed E-state index contributed by atoms with van der Waals surface area (Å²) in [5, 5.41) is 24.8. The molecule has 1 fully saturated rings. The normalized spacial score (nSPS) is 20.3. The van der Waals surface area contributed by atoms with E-state index in [4.69, 9.17) is 23.2 Å². The van der Waals surface area contributed by atoms with E-state index in [1.54, 1.807) is 31.2 Å². The average molecular weight is 477 g/mol. The number of hydroxylamine groups is 2. The lowest BCUT2D eigenvalue weighted by Crippen LogP contribution is -2.44. The van der Waals surface area contributed by atoms with Crippen LogP contribution in [0.1, 0.15) is 43.5 Å². The number of aliphatic hydroxyl groups is 1. The molecule has 2 aromatic carbocycles. The number of imidazole rings is 1. The summed E-state index contributed by atoms with van der Waals surface area (Å²) in [5.41, 5.74) is 0.105. The molecule has 4 N–H and O–H groups in total. The first-order valence-electron chi connectivity index (χ1n) is 10.2. The van der Waals surface area contributed by atoms with Gasteiger partial charge in [0, 0.05) is 27.8 Å². The highest BCUT2D eigenvalue weighted by Crippen LogP contribution is 2.37. The topological polar surface area (TPSA) is 119 Å². The third kappa shape index (κ3) is 4.19. The Morgan fingerprint density at radius 2 is 2.03 bits per heavy atom. The molecule has 4 rings (SSSR count). The molecule has 0 saturated carbocycles. The second-order valence-electron chi connectivity index (χ2n) is 7.93. The van der Waals surface area contributed by atoms with Gasteiger partial charge in [-0.25, -0.2) is 10.0 Å². The monoisotopic (exact) mass is 476 g/mol. The maximum atomic E-state index is 12.8. The number of rotatable bonds is 4. The minimum atomic E-state index is -1.92. The minimum absolute atomic E-state index is 0.111. The number of aromatic nitrogens is 2. The summed E-state index contributed by atoms with van der Waals surface area (Å²) < 4.78 is 0. The van der Waals surface area contributed by atoms with Gasteiger partial charge in [0.15, 0.2) is 5.60 Å². The summed E-state index contributed by atoms with van der Waals surface area (Å²) in [6, 6.07) is 9.76. The molecule has 0 radical (unpaired) electrons. The molecule has 1 aliphatic heterocycles. The number of H-pyrrole nitrogens is 1. The second-order valence-corrected chi connectivity index (χ2v) is 8.78. The number of halogens is 2. The zero-order chi connectivity index (χ0) is 23.0. The van der Waals surface area contributed by atoms with Gasteiger partial charge in [-0.05, 0) is 56.5 Å². The standard InChI is InChI=1S/C22H22Cl2N4O4/c1-12(19-26-17-7-4-13(23)10-18(17)27-19)20(29)25-14-5-6-15(16(24)11-14)22(31)8-2-3-9-28(32)21(22)30/h4-7,10-12,31-32H,2-3,8-9H2,1H3,(H,25,29)(H,26,27). The third-order valence-electron chi connectivity index (χ3n) is 5.69. The van der Waals surface area contributed by atoms with Crippen LogP contribution in [0.5, 0.6) is 0 Å². The van der Waals surface area contributed by atoms with Crippen LogP contribution < -0.4 is 5.32 Å². The van der Waals surface area contributed by atoms with Crippen molar-refractivity contribution in [2.24, 2.45) is 0 Å². The van der Waals surface area contributed by atoms with Crippen molar-refractivity contribution in [3.05, 3.63) is 57.8 Å². The van der Waals surface area contributed by atoms with E-state index in [1.165, 1.54) is 12.1 Å². The molecule has 0 bridgehead atoms. The first kappa shape index (κ1) is 22.5. The molecule has 3 aromatic rings. The predicted octanol–water partition coefficient (Wildman–Crippen LogP) is 4.20. The molecule has 0 aliphatic carbocycles. The third-order valence-corrected chi connectivity index (χ3v) is 6.24. The summed E-state index contributed by atoms with van der Waals surface area (Å²) in [5.74, 6) is -1.23. The number of fused-ring (bicyclic) bond motifs is 1. The Hall–Kier alpha value is -2.65. The van der Waals surface area contributed by atoms with E-state index in [0.717, 1.165) is 5.52 Å². The van der Waals surface area contributed by atoms with Crippen molar-refractivity contribution >= 4 is 51.7 Å². The Bertz CT molecular complexity index is 1200. The van der Waals surface area contributed by atoms with E-state index in [0.29, 0.717) is 40.0 Å². The van der Waals surface area contributed by atoms with Crippen LogP contribution in [0.3, 0.4) is 0 Å². The Morgan fingerprint density at radius 1 is 1.25 bits per heavy atom. The van der Waals surface area contributed by atoms with Gasteiger partial charge in [-0.1, -0.05) is 29.3 Å². The molecule has 8 nitrogen and oxygen atoms in total. The smallest absolute Gasteiger partial charge is 0.282 e. The molecule has 32 heavy (non-hydrogen) atoms. The van der Waals surface area contributed by atoms with Gasteiger partial charge in [0.25, 0.3) is 5.91 Å². The molecule has 1 aliphatic rings. The zero-order valence-electron chi connectivity index (χ0n) is 17.2. The minimum Gasteiger partial charge on any atom is -0.375 e. The molecule has 10 heteroatoms. The number of amides is 2. The largest absolute Gasteiger partial charge is 0.375 e. The first-order chi connectivity index (χ1) is 15.2. The Labute approximate surface area is 194 Å². The van der Waals surface area contributed by atoms with Gasteiger partial charge >= 0.3 is 0 Å². The molecule has 2 atom stereocenters. The number of anilines is 1. The molecular formula is C22H22Cl2N4O4. The second kappa shape index (κ2) is 8.71. The summed E-state index contributed by atoms with van der Waals surface area (Å²) in [6.07, 6.45) is 1.26. The number of carbonyl (C=O) groups excluding carboxylic acids is 2. The lowest BCUT2D eigenvalue weighted by atomic mass is 9.88. The molecule has 1 aromatic heterocycles. The number of hydrogen-bond donors (Lipinski definition) is 4. The van der Waals surface area contributed by atoms with Crippen molar-refractivity contribution in [2.45, 2.75) is 37.7 Å². The van der Waals surface area contributed by atoms with Crippen LogP contribution in [0.4, 0.5) is 5.69 Å². The molecule has 1 saturated heterocycles. The molecule has 2 unspecified atom stereocenters. The Balaban J connectivity index is 1.53. The van der Waals surface area contributed by atoms with Crippen molar-refractivity contribution in [3.63, 3.8) is 0 Å². The van der Waals surface area contributed by atoms with Crippen LogP contribution in [-0.4, -0.2) is 43.7 Å². The fourth-order valence-corrected chi connectivity index (χ4v) is 4.33. The van der Waals surface area contributed by atoms with Gasteiger partial charge in [-0.3, -0.25) is 14.8 Å². The van der Waals surface area contributed by atoms with Gasteiger partial charge in [0.2, 0.25) is 5.91 Å². The van der Waals surface area contributed by atoms with Crippen LogP contribution in [-0.2, 0) is 15.2 Å². The van der Waals surface area contributed by atoms with Gasteiger partial charge in [-0.15, -0.1) is 0 Å². The predicted molar refractivity (Wildman–Crippen MR) is 121 cm³/mol. The zero-order valence-corrected chi connectivity index (χ0v) is 18.7. The number of carbonyl (C=O) groups is 2. The van der Waals surface area contributed by atoms with E-state index >= 15 is 0 Å². The van der Waals surface area contributed by atoms with Gasteiger partial charge in [-0.2, -0.15) is 0 Å². The first-order valence-corrected chi connectivity index (χ1v) is 10.9. The van der Waals surface area contributed by atoms with Crippen LogP contribution in [0, 0.1) is 0 Å². The highest BCUT2D eigenvalue weighted by molar-refractivity contribution is 6.32. The van der Waals surface area contributed by atoms with Crippen molar-refractivity contribution in [2.75, 3.05) is 11.9 Å². The quantitative estimate of drug-likeness (QED) is 0.420. The van der Waals surface area contributed by atoms with Gasteiger partial charge in [0.1, 0.15) is 5.82 Å². The van der Waals surface area contributed by atoms with Crippen molar-refractivity contribution in [1.29, 1.82) is 0 Å². The fraction of sp³-hybridized carbons (Fsp3) is 0.318. The number of aromatic amines is 1. The number of nitrogens with one attached hydrogen (secondary N) is 2. The van der Waals surface area contributed by atoms with E-state index in [9.17, 15) is 19.9 Å². The summed E-state index contributed by atoms with van der Waals surface area (Å²) in [7, 11) is 0. The van der Waals surface area contributed by atoms with Crippen molar-refractivity contribution < 1.29 is 19.9 Å². The van der Waals surface area contributed by atoms with E-state index in [2.05, 4.69) is 15.3 Å². The molecule has 2 heterocycles. The van der Waals surface area contributed by atoms with Crippen molar-refractivity contribution in [3.8, 4) is 0 Å². The highest BCUT2D eigenvalue weighted by atomic mass is 35.5. The van der Waals surface area contributed by atoms with Crippen molar-refractivity contribution in [1.82, 2.24) is 15.0 Å². The summed E-state index contributed by atoms with van der Waals surface area (Å²) in [4.78, 5) is 32.8. The van der Waals surface area contributed by atoms with Crippen LogP contribution in [0.15, 0.2) is 36.4 Å².